The van der Waals surface area contributed by atoms with Gasteiger partial charge < -0.3 is 5.41 Å². The number of hydrogen-bond donors (Lipinski definition) is 1. The Hall–Kier alpha value is -0.330. The topological polar surface area (TPSA) is 23.9 Å². The van der Waals surface area contributed by atoms with E-state index in [4.69, 9.17) is 5.41 Å². The first kappa shape index (κ1) is 6.79. The monoisotopic (exact) mass is 125 g/mol. The molecule has 1 atom stereocenters. The van der Waals surface area contributed by atoms with Crippen LogP contribution >= 0.6 is 0 Å². The standard InChI is InChI=1S/C8H15N/c1-7-5-3-2-4-6-8(7)9/h7,9H,2-6H2,1H3. The zero-order chi connectivity index (χ0) is 6.69. The van der Waals surface area contributed by atoms with E-state index in [9.17, 15) is 0 Å². The lowest BCUT2D eigenvalue weighted by Crippen LogP contribution is -2.06. The quantitative estimate of drug-likeness (QED) is 0.481. The lowest BCUT2D eigenvalue weighted by atomic mass is 10.0. The Morgan fingerprint density at radius 1 is 1.33 bits per heavy atom. The van der Waals surface area contributed by atoms with Gasteiger partial charge in [0.2, 0.25) is 0 Å². The van der Waals surface area contributed by atoms with Crippen molar-refractivity contribution < 1.29 is 0 Å². The normalized spacial score (nSPS) is 29.9. The Kier molecular flexibility index (Phi) is 2.26. The third-order valence-corrected chi connectivity index (χ3v) is 2.18. The van der Waals surface area contributed by atoms with E-state index in [1.807, 2.05) is 0 Å². The van der Waals surface area contributed by atoms with E-state index in [2.05, 4.69) is 6.92 Å². The molecule has 1 unspecified atom stereocenters. The molecular weight excluding hydrogens is 110 g/mol. The third-order valence-electron chi connectivity index (χ3n) is 2.18. The van der Waals surface area contributed by atoms with Crippen LogP contribution in [0, 0.1) is 11.3 Å². The third kappa shape index (κ3) is 1.81. The van der Waals surface area contributed by atoms with Crippen LogP contribution in [0.15, 0.2) is 0 Å². The molecule has 0 bridgehead atoms. The van der Waals surface area contributed by atoms with Crippen LogP contribution < -0.4 is 0 Å². The van der Waals surface area contributed by atoms with Crippen molar-refractivity contribution in [3.05, 3.63) is 0 Å². The largest absolute Gasteiger partial charge is 0.309 e. The molecule has 0 amide bonds. The van der Waals surface area contributed by atoms with Crippen LogP contribution in [-0.4, -0.2) is 5.71 Å². The molecule has 52 valence electrons. The Morgan fingerprint density at radius 3 is 2.89 bits per heavy atom. The second-order valence-corrected chi connectivity index (χ2v) is 3.03. The van der Waals surface area contributed by atoms with E-state index < -0.39 is 0 Å². The molecule has 9 heavy (non-hydrogen) atoms. The lowest BCUT2D eigenvalue weighted by Gasteiger charge is -2.05. The summed E-state index contributed by atoms with van der Waals surface area (Å²) in [6, 6.07) is 0. The van der Waals surface area contributed by atoms with Gasteiger partial charge in [-0.15, -0.1) is 0 Å². The smallest absolute Gasteiger partial charge is 0.0117 e. The number of hydrogen-bond acceptors (Lipinski definition) is 1. The van der Waals surface area contributed by atoms with Gasteiger partial charge in [0.05, 0.1) is 0 Å². The zero-order valence-corrected chi connectivity index (χ0v) is 6.11. The molecule has 0 aromatic rings. The van der Waals surface area contributed by atoms with Crippen molar-refractivity contribution in [2.24, 2.45) is 5.92 Å². The molecule has 0 saturated heterocycles. The van der Waals surface area contributed by atoms with Crippen LogP contribution in [-0.2, 0) is 0 Å². The highest BCUT2D eigenvalue weighted by atomic mass is 14.4. The molecule has 1 saturated carbocycles. The summed E-state index contributed by atoms with van der Waals surface area (Å²) in [5.74, 6) is 0.576. The Labute approximate surface area is 57.0 Å². The fourth-order valence-corrected chi connectivity index (χ4v) is 1.36. The summed E-state index contributed by atoms with van der Waals surface area (Å²) in [4.78, 5) is 0. The molecule has 1 rings (SSSR count). The first-order valence-corrected chi connectivity index (χ1v) is 3.88. The van der Waals surface area contributed by atoms with Crippen LogP contribution in [0.3, 0.4) is 0 Å². The van der Waals surface area contributed by atoms with Gasteiger partial charge >= 0.3 is 0 Å². The molecule has 1 aliphatic carbocycles. The highest BCUT2D eigenvalue weighted by molar-refractivity contribution is 5.83. The van der Waals surface area contributed by atoms with Crippen molar-refractivity contribution in [1.29, 1.82) is 5.41 Å². The van der Waals surface area contributed by atoms with E-state index >= 15 is 0 Å². The fraction of sp³-hybridized carbons (Fsp3) is 0.875. The van der Waals surface area contributed by atoms with Crippen molar-refractivity contribution in [3.63, 3.8) is 0 Å². The van der Waals surface area contributed by atoms with E-state index in [-0.39, 0.29) is 0 Å². The molecule has 1 aliphatic rings. The van der Waals surface area contributed by atoms with Crippen LogP contribution in [0.25, 0.3) is 0 Å². The van der Waals surface area contributed by atoms with Gasteiger partial charge in [-0.25, -0.2) is 0 Å². The fourth-order valence-electron chi connectivity index (χ4n) is 1.36. The van der Waals surface area contributed by atoms with Crippen LogP contribution in [0.2, 0.25) is 0 Å². The highest BCUT2D eigenvalue weighted by Gasteiger charge is 2.11. The maximum absolute atomic E-state index is 7.53. The molecule has 1 heteroatoms. The van der Waals surface area contributed by atoms with Gasteiger partial charge in [-0.2, -0.15) is 0 Å². The predicted octanol–water partition coefficient (Wildman–Crippen LogP) is 2.61. The molecule has 1 nitrogen and oxygen atoms in total. The second kappa shape index (κ2) is 3.00. The highest BCUT2D eigenvalue weighted by Crippen LogP contribution is 2.18. The summed E-state index contributed by atoms with van der Waals surface area (Å²) < 4.78 is 0. The first-order valence-electron chi connectivity index (χ1n) is 3.88. The number of nitrogens with one attached hydrogen (secondary N) is 1. The summed E-state index contributed by atoms with van der Waals surface area (Å²) in [6.45, 7) is 2.17. The minimum Gasteiger partial charge on any atom is -0.309 e. The summed E-state index contributed by atoms with van der Waals surface area (Å²) in [5.41, 5.74) is 0.979. The van der Waals surface area contributed by atoms with Crippen molar-refractivity contribution in [3.8, 4) is 0 Å². The SMILES string of the molecule is CC1CCCCCC1=N. The maximum Gasteiger partial charge on any atom is 0.0117 e. The van der Waals surface area contributed by atoms with Crippen molar-refractivity contribution in [1.82, 2.24) is 0 Å². The molecule has 0 aromatic heterocycles. The average Bonchev–Trinajstić information content (AvgIpc) is 1.99. The van der Waals surface area contributed by atoms with Gasteiger partial charge in [-0.1, -0.05) is 19.8 Å². The molecule has 0 heterocycles. The molecule has 0 aromatic carbocycles. The van der Waals surface area contributed by atoms with E-state index in [0.29, 0.717) is 5.92 Å². The van der Waals surface area contributed by atoms with Gasteiger partial charge in [0.1, 0.15) is 0 Å². The van der Waals surface area contributed by atoms with Gasteiger partial charge in [-0.3, -0.25) is 0 Å². The molecule has 0 aliphatic heterocycles. The second-order valence-electron chi connectivity index (χ2n) is 3.03. The van der Waals surface area contributed by atoms with Crippen molar-refractivity contribution in [2.75, 3.05) is 0 Å². The van der Waals surface area contributed by atoms with Gasteiger partial charge in [0.15, 0.2) is 0 Å². The lowest BCUT2D eigenvalue weighted by molar-refractivity contribution is 0.627. The van der Waals surface area contributed by atoms with E-state index in [1.165, 1.54) is 25.7 Å². The molecule has 0 spiro atoms. The van der Waals surface area contributed by atoms with E-state index in [1.54, 1.807) is 0 Å². The zero-order valence-electron chi connectivity index (χ0n) is 6.11. The van der Waals surface area contributed by atoms with Crippen molar-refractivity contribution in [2.45, 2.75) is 39.0 Å². The van der Waals surface area contributed by atoms with E-state index in [0.717, 1.165) is 12.1 Å². The summed E-state index contributed by atoms with van der Waals surface area (Å²) in [7, 11) is 0. The predicted molar refractivity (Wildman–Crippen MR) is 40.0 cm³/mol. The molecule has 0 radical (unpaired) electrons. The minimum absolute atomic E-state index is 0.576. The van der Waals surface area contributed by atoms with Crippen molar-refractivity contribution >= 4 is 5.71 Å². The number of rotatable bonds is 0. The van der Waals surface area contributed by atoms with Crippen LogP contribution in [0.5, 0.6) is 0 Å². The van der Waals surface area contributed by atoms with Crippen LogP contribution in [0.4, 0.5) is 0 Å². The Bertz CT molecular complexity index is 107. The van der Waals surface area contributed by atoms with Gasteiger partial charge in [0, 0.05) is 5.71 Å². The molecule has 1 N–H and O–H groups in total. The minimum atomic E-state index is 0.576. The summed E-state index contributed by atoms with van der Waals surface area (Å²) in [5, 5.41) is 7.53. The Balaban J connectivity index is 2.41. The molecular formula is C8H15N. The Morgan fingerprint density at radius 2 is 2.11 bits per heavy atom. The maximum atomic E-state index is 7.53. The van der Waals surface area contributed by atoms with Gasteiger partial charge in [-0.05, 0) is 25.2 Å². The average molecular weight is 125 g/mol. The van der Waals surface area contributed by atoms with Crippen LogP contribution in [0.1, 0.15) is 39.0 Å². The van der Waals surface area contributed by atoms with Gasteiger partial charge in [0.25, 0.3) is 0 Å². The summed E-state index contributed by atoms with van der Waals surface area (Å²) in [6.07, 6.45) is 6.24. The first-order chi connectivity index (χ1) is 4.30. The summed E-state index contributed by atoms with van der Waals surface area (Å²) >= 11 is 0. The molecule has 1 fully saturated rings.